The van der Waals surface area contributed by atoms with Gasteiger partial charge in [0.25, 0.3) is 0 Å². The Morgan fingerprint density at radius 1 is 1.58 bits per heavy atom. The molecule has 1 amide bonds. The molecule has 1 heterocycles. The van der Waals surface area contributed by atoms with E-state index >= 15 is 0 Å². The highest BCUT2D eigenvalue weighted by atomic mass is 35.5. The Bertz CT molecular complexity index is 418. The zero-order valence-corrected chi connectivity index (χ0v) is 12.4. The maximum Gasteiger partial charge on any atom is 0.226 e. The molecule has 1 saturated heterocycles. The summed E-state index contributed by atoms with van der Waals surface area (Å²) in [5.41, 5.74) is 1.04. The first kappa shape index (κ1) is 16.3. The van der Waals surface area contributed by atoms with Gasteiger partial charge in [-0.3, -0.25) is 4.79 Å². The van der Waals surface area contributed by atoms with Gasteiger partial charge in [-0.05, 0) is 18.6 Å². The van der Waals surface area contributed by atoms with Crippen molar-refractivity contribution in [2.24, 2.45) is 0 Å². The largest absolute Gasteiger partial charge is 0.323 e. The summed E-state index contributed by atoms with van der Waals surface area (Å²) in [6.45, 7) is 2.72. The average molecular weight is 305 g/mol. The SMILES string of the molecule is Cc1cccc(F)c1NC(=O)CC1CSCCN1.Cl. The Kier molecular flexibility index (Phi) is 6.62. The third kappa shape index (κ3) is 4.67. The van der Waals surface area contributed by atoms with E-state index < -0.39 is 0 Å². The number of anilines is 1. The smallest absolute Gasteiger partial charge is 0.226 e. The molecular weight excluding hydrogens is 287 g/mol. The lowest BCUT2D eigenvalue weighted by atomic mass is 10.1. The Morgan fingerprint density at radius 2 is 2.37 bits per heavy atom. The summed E-state index contributed by atoms with van der Waals surface area (Å²) in [6, 6.07) is 4.97. The molecule has 0 bridgehead atoms. The number of thioether (sulfide) groups is 1. The quantitative estimate of drug-likeness (QED) is 0.902. The Labute approximate surface area is 123 Å². The van der Waals surface area contributed by atoms with Crippen molar-refractivity contribution in [3.63, 3.8) is 0 Å². The van der Waals surface area contributed by atoms with Gasteiger partial charge in [0.05, 0.1) is 5.69 Å². The molecule has 1 aromatic carbocycles. The van der Waals surface area contributed by atoms with Gasteiger partial charge in [-0.15, -0.1) is 12.4 Å². The molecule has 0 spiro atoms. The minimum absolute atomic E-state index is 0. The summed E-state index contributed by atoms with van der Waals surface area (Å²) >= 11 is 1.84. The number of aryl methyl sites for hydroxylation is 1. The topological polar surface area (TPSA) is 41.1 Å². The molecule has 0 aromatic heterocycles. The molecule has 19 heavy (non-hydrogen) atoms. The molecule has 2 N–H and O–H groups in total. The molecule has 0 aliphatic carbocycles. The van der Waals surface area contributed by atoms with Crippen molar-refractivity contribution in [2.75, 3.05) is 23.4 Å². The number of carbonyl (C=O) groups excluding carboxylic acids is 1. The van der Waals surface area contributed by atoms with Crippen molar-refractivity contribution in [3.8, 4) is 0 Å². The second kappa shape index (κ2) is 7.72. The van der Waals surface area contributed by atoms with Crippen molar-refractivity contribution in [1.82, 2.24) is 5.32 Å². The van der Waals surface area contributed by atoms with Crippen LogP contribution in [0.25, 0.3) is 0 Å². The van der Waals surface area contributed by atoms with Gasteiger partial charge in [0.2, 0.25) is 5.91 Å². The number of para-hydroxylation sites is 1. The first-order valence-corrected chi connectivity index (χ1v) is 7.18. The number of nitrogens with one attached hydrogen (secondary N) is 2. The lowest BCUT2D eigenvalue weighted by Crippen LogP contribution is -2.40. The third-order valence-corrected chi connectivity index (χ3v) is 4.05. The summed E-state index contributed by atoms with van der Waals surface area (Å²) in [5.74, 6) is 1.51. The van der Waals surface area contributed by atoms with E-state index in [1.165, 1.54) is 6.07 Å². The molecule has 1 aromatic rings. The van der Waals surface area contributed by atoms with Gasteiger partial charge in [0, 0.05) is 30.5 Å². The fourth-order valence-corrected chi connectivity index (χ4v) is 2.90. The van der Waals surface area contributed by atoms with Gasteiger partial charge in [0.15, 0.2) is 0 Å². The Balaban J connectivity index is 0.00000180. The maximum atomic E-state index is 13.6. The van der Waals surface area contributed by atoms with Gasteiger partial charge in [-0.2, -0.15) is 11.8 Å². The van der Waals surface area contributed by atoms with E-state index in [9.17, 15) is 9.18 Å². The molecule has 0 saturated carbocycles. The van der Waals surface area contributed by atoms with Crippen molar-refractivity contribution >= 4 is 35.8 Å². The van der Waals surface area contributed by atoms with E-state index in [4.69, 9.17) is 0 Å². The molecule has 2 rings (SSSR count). The van der Waals surface area contributed by atoms with Crippen LogP contribution in [0.5, 0.6) is 0 Å². The van der Waals surface area contributed by atoms with Gasteiger partial charge in [0.1, 0.15) is 5.82 Å². The predicted octanol–water partition coefficient (Wildman–Crippen LogP) is 2.59. The molecule has 106 valence electrons. The van der Waals surface area contributed by atoms with Gasteiger partial charge in [-0.25, -0.2) is 4.39 Å². The minimum atomic E-state index is -0.380. The molecule has 1 unspecified atom stereocenters. The van der Waals surface area contributed by atoms with Crippen LogP contribution in [0.15, 0.2) is 18.2 Å². The van der Waals surface area contributed by atoms with E-state index in [2.05, 4.69) is 10.6 Å². The lowest BCUT2D eigenvalue weighted by Gasteiger charge is -2.22. The van der Waals surface area contributed by atoms with E-state index in [1.807, 2.05) is 11.8 Å². The number of carbonyl (C=O) groups is 1. The zero-order chi connectivity index (χ0) is 13.0. The summed E-state index contributed by atoms with van der Waals surface area (Å²) in [4.78, 5) is 11.9. The highest BCUT2D eigenvalue weighted by Gasteiger charge is 2.17. The van der Waals surface area contributed by atoms with Crippen LogP contribution in [-0.4, -0.2) is 30.0 Å². The second-order valence-corrected chi connectivity index (χ2v) is 5.56. The Morgan fingerprint density at radius 3 is 3.00 bits per heavy atom. The van der Waals surface area contributed by atoms with Crippen LogP contribution < -0.4 is 10.6 Å². The fraction of sp³-hybridized carbons (Fsp3) is 0.462. The van der Waals surface area contributed by atoms with Crippen molar-refractivity contribution in [3.05, 3.63) is 29.6 Å². The van der Waals surface area contributed by atoms with Gasteiger partial charge < -0.3 is 10.6 Å². The Hall–Kier alpha value is -0.780. The van der Waals surface area contributed by atoms with E-state index in [0.717, 1.165) is 23.6 Å². The van der Waals surface area contributed by atoms with Gasteiger partial charge in [-0.1, -0.05) is 12.1 Å². The van der Waals surface area contributed by atoms with Crippen molar-refractivity contribution in [2.45, 2.75) is 19.4 Å². The van der Waals surface area contributed by atoms with Crippen LogP contribution in [0, 0.1) is 12.7 Å². The zero-order valence-electron chi connectivity index (χ0n) is 10.7. The number of hydrogen-bond acceptors (Lipinski definition) is 3. The molecule has 6 heteroatoms. The number of benzene rings is 1. The molecule has 1 aliphatic rings. The van der Waals surface area contributed by atoms with Crippen LogP contribution in [0.3, 0.4) is 0 Å². The van der Waals surface area contributed by atoms with Crippen LogP contribution in [-0.2, 0) is 4.79 Å². The normalized spacial score (nSPS) is 18.5. The first-order valence-electron chi connectivity index (χ1n) is 6.03. The highest BCUT2D eigenvalue weighted by Crippen LogP contribution is 2.19. The molecule has 1 atom stereocenters. The predicted molar refractivity (Wildman–Crippen MR) is 80.7 cm³/mol. The summed E-state index contributed by atoms with van der Waals surface area (Å²) < 4.78 is 13.6. The fourth-order valence-electron chi connectivity index (χ4n) is 1.96. The number of halogens is 2. The van der Waals surface area contributed by atoms with Crippen molar-refractivity contribution in [1.29, 1.82) is 0 Å². The van der Waals surface area contributed by atoms with E-state index in [0.29, 0.717) is 12.1 Å². The third-order valence-electron chi connectivity index (χ3n) is 2.92. The average Bonchev–Trinajstić information content (AvgIpc) is 2.35. The summed E-state index contributed by atoms with van der Waals surface area (Å²) in [7, 11) is 0. The number of hydrogen-bond donors (Lipinski definition) is 2. The molecule has 1 fully saturated rings. The van der Waals surface area contributed by atoms with Crippen LogP contribution in [0.2, 0.25) is 0 Å². The van der Waals surface area contributed by atoms with E-state index in [-0.39, 0.29) is 30.2 Å². The maximum absolute atomic E-state index is 13.6. The highest BCUT2D eigenvalue weighted by molar-refractivity contribution is 7.99. The summed E-state index contributed by atoms with van der Waals surface area (Å²) in [6.07, 6.45) is 0.390. The second-order valence-electron chi connectivity index (χ2n) is 4.41. The molecule has 0 radical (unpaired) electrons. The number of amides is 1. The van der Waals surface area contributed by atoms with Crippen LogP contribution in [0.4, 0.5) is 10.1 Å². The molecule has 1 aliphatic heterocycles. The standard InChI is InChI=1S/C13H17FN2OS.ClH/c1-9-3-2-4-11(14)13(9)16-12(17)7-10-8-18-6-5-15-10;/h2-4,10,15H,5-8H2,1H3,(H,16,17);1H. The van der Waals surface area contributed by atoms with Gasteiger partial charge >= 0.3 is 0 Å². The monoisotopic (exact) mass is 304 g/mol. The van der Waals surface area contributed by atoms with Crippen molar-refractivity contribution < 1.29 is 9.18 Å². The van der Waals surface area contributed by atoms with Crippen LogP contribution >= 0.6 is 24.2 Å². The molecule has 3 nitrogen and oxygen atoms in total. The first-order chi connectivity index (χ1) is 8.66. The van der Waals surface area contributed by atoms with E-state index in [1.54, 1.807) is 19.1 Å². The minimum Gasteiger partial charge on any atom is -0.323 e. The van der Waals surface area contributed by atoms with Crippen LogP contribution in [0.1, 0.15) is 12.0 Å². The lowest BCUT2D eigenvalue weighted by molar-refractivity contribution is -0.116. The summed E-state index contributed by atoms with van der Waals surface area (Å²) in [5, 5.41) is 5.95. The number of rotatable bonds is 3. The molecular formula is C13H18ClFN2OS.